The third-order valence-electron chi connectivity index (χ3n) is 8.30. The number of hydrogen-bond acceptors (Lipinski definition) is 2. The van der Waals surface area contributed by atoms with E-state index in [0.717, 1.165) is 11.4 Å². The Bertz CT molecular complexity index is 1810. The first-order valence-electron chi connectivity index (χ1n) is 15.9. The number of benzene rings is 6. The zero-order valence-corrected chi connectivity index (χ0v) is 27.0. The second kappa shape index (κ2) is 12.9. The molecule has 224 valence electrons. The van der Waals surface area contributed by atoms with Crippen molar-refractivity contribution in [2.24, 2.45) is 0 Å². The lowest BCUT2D eigenvalue weighted by Crippen LogP contribution is -2.37. The lowest BCUT2D eigenvalue weighted by atomic mass is 9.98. The highest BCUT2D eigenvalue weighted by Crippen LogP contribution is 2.38. The van der Waals surface area contributed by atoms with Crippen molar-refractivity contribution >= 4 is 28.4 Å². The second-order valence-corrected chi connectivity index (χ2v) is 12.9. The molecule has 0 atom stereocenters. The summed E-state index contributed by atoms with van der Waals surface area (Å²) in [6.07, 6.45) is 0. The normalized spacial score (nSPS) is 11.4. The van der Waals surface area contributed by atoms with Gasteiger partial charge in [0.15, 0.2) is 0 Å². The molecule has 0 aliphatic carbocycles. The van der Waals surface area contributed by atoms with Gasteiger partial charge in [-0.1, -0.05) is 111 Å². The van der Waals surface area contributed by atoms with Crippen LogP contribution >= 0.6 is 0 Å². The van der Waals surface area contributed by atoms with Crippen molar-refractivity contribution in [3.63, 3.8) is 0 Å². The molecule has 0 aliphatic heterocycles. The minimum atomic E-state index is -0.0453. The summed E-state index contributed by atoms with van der Waals surface area (Å²) in [6, 6.07) is 56.8. The highest BCUT2D eigenvalue weighted by molar-refractivity contribution is 5.79. The maximum absolute atomic E-state index is 2.39. The number of nitrogens with zero attached hydrogens (tertiary/aromatic N) is 2. The first kappa shape index (κ1) is 30.0. The van der Waals surface area contributed by atoms with Gasteiger partial charge in [0.25, 0.3) is 0 Å². The molecule has 0 aromatic heterocycles. The average Bonchev–Trinajstić information content (AvgIpc) is 3.06. The molecule has 2 heteroatoms. The molecule has 6 aromatic rings. The van der Waals surface area contributed by atoms with Crippen molar-refractivity contribution in [3.8, 4) is 22.3 Å². The quantitative estimate of drug-likeness (QED) is 0.175. The van der Waals surface area contributed by atoms with Crippen molar-refractivity contribution in [3.05, 3.63) is 163 Å². The highest BCUT2D eigenvalue weighted by Gasteiger charge is 2.23. The zero-order chi connectivity index (χ0) is 31.4. The van der Waals surface area contributed by atoms with Crippen LogP contribution in [0.2, 0.25) is 0 Å². The molecule has 0 unspecified atom stereocenters. The predicted octanol–water partition coefficient (Wildman–Crippen LogP) is 12.6. The van der Waals surface area contributed by atoms with Crippen LogP contribution in [0.15, 0.2) is 158 Å². The highest BCUT2D eigenvalue weighted by atomic mass is 15.2. The van der Waals surface area contributed by atoms with Gasteiger partial charge in [0.05, 0.1) is 0 Å². The summed E-state index contributed by atoms with van der Waals surface area (Å²) in [5.74, 6) is 0.471. The molecule has 0 saturated carbocycles. The molecule has 0 saturated heterocycles. The van der Waals surface area contributed by atoms with E-state index >= 15 is 0 Å². The standard InChI is InChI=1S/C43H42N2/c1-32(2)37-13-12-18-42(31-37)44(38-14-8-6-9-15-38)39-27-23-35(24-28-39)33-19-21-34(22-20-33)36-25-29-41(30-26-36)45(43(3,4)5)40-16-10-7-11-17-40/h6-32H,1-5H3. The van der Waals surface area contributed by atoms with Gasteiger partial charge in [0, 0.05) is 34.0 Å². The Balaban J connectivity index is 1.24. The van der Waals surface area contributed by atoms with Crippen molar-refractivity contribution < 1.29 is 0 Å². The summed E-state index contributed by atoms with van der Waals surface area (Å²) in [4.78, 5) is 4.73. The van der Waals surface area contributed by atoms with Gasteiger partial charge in [-0.3, -0.25) is 0 Å². The number of rotatable bonds is 8. The fourth-order valence-electron chi connectivity index (χ4n) is 6.01. The van der Waals surface area contributed by atoms with Crippen LogP contribution in [0.25, 0.3) is 22.3 Å². The van der Waals surface area contributed by atoms with Crippen LogP contribution in [-0.2, 0) is 0 Å². The fourth-order valence-corrected chi connectivity index (χ4v) is 6.01. The molecule has 2 nitrogen and oxygen atoms in total. The maximum atomic E-state index is 2.39. The molecule has 0 fully saturated rings. The lowest BCUT2D eigenvalue weighted by Gasteiger charge is -2.38. The van der Waals surface area contributed by atoms with E-state index in [1.807, 2.05) is 0 Å². The van der Waals surface area contributed by atoms with E-state index in [0.29, 0.717) is 5.92 Å². The Morgan fingerprint density at radius 2 is 0.778 bits per heavy atom. The first-order chi connectivity index (χ1) is 21.8. The molecule has 0 spiro atoms. The minimum absolute atomic E-state index is 0.0453. The first-order valence-corrected chi connectivity index (χ1v) is 15.9. The summed E-state index contributed by atoms with van der Waals surface area (Å²) < 4.78 is 0. The SMILES string of the molecule is CC(C)c1cccc(N(c2ccccc2)c2ccc(-c3ccc(-c4ccc(N(c5ccccc5)C(C)(C)C)cc4)cc3)cc2)c1. The fraction of sp³-hybridized carbons (Fsp3) is 0.163. The van der Waals surface area contributed by atoms with Crippen molar-refractivity contribution in [1.82, 2.24) is 0 Å². The van der Waals surface area contributed by atoms with Crippen LogP contribution < -0.4 is 9.80 Å². The topological polar surface area (TPSA) is 6.48 Å². The number of anilines is 5. The van der Waals surface area contributed by atoms with Gasteiger partial charge < -0.3 is 9.80 Å². The third kappa shape index (κ3) is 6.71. The molecule has 0 bridgehead atoms. The molecule has 0 amide bonds. The van der Waals surface area contributed by atoms with Crippen LogP contribution in [0.3, 0.4) is 0 Å². The number of para-hydroxylation sites is 2. The lowest BCUT2D eigenvalue weighted by molar-refractivity contribution is 0.560. The van der Waals surface area contributed by atoms with Crippen LogP contribution in [0, 0.1) is 0 Å². The van der Waals surface area contributed by atoms with E-state index in [4.69, 9.17) is 0 Å². The molecular formula is C43H42N2. The smallest absolute Gasteiger partial charge is 0.0464 e. The minimum Gasteiger partial charge on any atom is -0.336 e. The van der Waals surface area contributed by atoms with Crippen LogP contribution in [0.4, 0.5) is 28.4 Å². The van der Waals surface area contributed by atoms with E-state index in [1.54, 1.807) is 0 Å². The summed E-state index contributed by atoms with van der Waals surface area (Å²) in [5.41, 5.74) is 12.0. The second-order valence-electron chi connectivity index (χ2n) is 12.9. The summed E-state index contributed by atoms with van der Waals surface area (Å²) in [6.45, 7) is 11.2. The van der Waals surface area contributed by atoms with Gasteiger partial charge in [-0.2, -0.15) is 0 Å². The Morgan fingerprint density at radius 3 is 1.24 bits per heavy atom. The largest absolute Gasteiger partial charge is 0.336 e. The van der Waals surface area contributed by atoms with Gasteiger partial charge >= 0.3 is 0 Å². The third-order valence-corrected chi connectivity index (χ3v) is 8.30. The molecule has 0 radical (unpaired) electrons. The molecule has 0 heterocycles. The summed E-state index contributed by atoms with van der Waals surface area (Å²) in [5, 5.41) is 0. The van der Waals surface area contributed by atoms with Crippen molar-refractivity contribution in [2.45, 2.75) is 46.1 Å². The van der Waals surface area contributed by atoms with E-state index in [1.165, 1.54) is 44.9 Å². The molecule has 0 aliphatic rings. The molecule has 6 rings (SSSR count). The Morgan fingerprint density at radius 1 is 0.400 bits per heavy atom. The molecule has 45 heavy (non-hydrogen) atoms. The molecule has 0 N–H and O–H groups in total. The Labute approximate surface area is 269 Å². The predicted molar refractivity (Wildman–Crippen MR) is 194 cm³/mol. The molecule has 6 aromatic carbocycles. The van der Waals surface area contributed by atoms with Gasteiger partial charge in [0.1, 0.15) is 0 Å². The molecular weight excluding hydrogens is 544 g/mol. The maximum Gasteiger partial charge on any atom is 0.0464 e. The number of hydrogen-bond donors (Lipinski definition) is 0. The zero-order valence-electron chi connectivity index (χ0n) is 27.0. The Kier molecular flexibility index (Phi) is 8.58. The van der Waals surface area contributed by atoms with Crippen LogP contribution in [-0.4, -0.2) is 5.54 Å². The Hall–Kier alpha value is -5.08. The van der Waals surface area contributed by atoms with Crippen molar-refractivity contribution in [1.29, 1.82) is 0 Å². The van der Waals surface area contributed by atoms with E-state index in [-0.39, 0.29) is 5.54 Å². The van der Waals surface area contributed by atoms with Crippen LogP contribution in [0.1, 0.15) is 46.1 Å². The van der Waals surface area contributed by atoms with E-state index in [2.05, 4.69) is 202 Å². The van der Waals surface area contributed by atoms with Gasteiger partial charge in [-0.05, 0) is 115 Å². The summed E-state index contributed by atoms with van der Waals surface area (Å²) in [7, 11) is 0. The van der Waals surface area contributed by atoms with E-state index in [9.17, 15) is 0 Å². The van der Waals surface area contributed by atoms with Gasteiger partial charge in [-0.15, -0.1) is 0 Å². The van der Waals surface area contributed by atoms with E-state index < -0.39 is 0 Å². The summed E-state index contributed by atoms with van der Waals surface area (Å²) >= 11 is 0. The van der Waals surface area contributed by atoms with Gasteiger partial charge in [-0.25, -0.2) is 0 Å². The van der Waals surface area contributed by atoms with Gasteiger partial charge in [0.2, 0.25) is 0 Å². The monoisotopic (exact) mass is 586 g/mol. The average molecular weight is 587 g/mol. The van der Waals surface area contributed by atoms with Crippen LogP contribution in [0.5, 0.6) is 0 Å². The van der Waals surface area contributed by atoms with Crippen molar-refractivity contribution in [2.75, 3.05) is 9.80 Å².